The Morgan fingerprint density at radius 2 is 2.05 bits per heavy atom. The van der Waals surface area contributed by atoms with Crippen LogP contribution in [0.1, 0.15) is 11.4 Å². The molecular formula is C12H12N4O2S. The molecule has 0 fully saturated rings. The third-order valence-corrected chi connectivity index (χ3v) is 4.44. The van der Waals surface area contributed by atoms with Gasteiger partial charge in [-0.25, -0.2) is 13.4 Å². The van der Waals surface area contributed by atoms with Crippen LogP contribution in [0.3, 0.4) is 0 Å². The molecular weight excluding hydrogens is 264 g/mol. The zero-order valence-electron chi connectivity index (χ0n) is 10.2. The van der Waals surface area contributed by atoms with E-state index < -0.39 is 10.0 Å². The number of aromatic nitrogens is 2. The molecule has 0 aliphatic heterocycles. The molecule has 1 aromatic heterocycles. The molecule has 1 aromatic carbocycles. The molecule has 98 valence electrons. The van der Waals surface area contributed by atoms with E-state index in [-0.39, 0.29) is 11.4 Å². The quantitative estimate of drug-likeness (QED) is 0.905. The van der Waals surface area contributed by atoms with Crippen LogP contribution in [0.15, 0.2) is 41.6 Å². The fraction of sp³-hybridized carbons (Fsp3) is 0.167. The number of rotatable bonds is 4. The Hall–Kier alpha value is -2.17. The third kappa shape index (κ3) is 2.81. The SMILES string of the molecule is CN(Cc1ncc[nH]1)S(=O)(=O)c1ccc(C#N)cc1. The van der Waals surface area contributed by atoms with E-state index in [1.807, 2.05) is 6.07 Å². The fourth-order valence-electron chi connectivity index (χ4n) is 1.56. The lowest BCUT2D eigenvalue weighted by Gasteiger charge is -2.15. The topological polar surface area (TPSA) is 89.8 Å². The molecule has 0 saturated carbocycles. The molecule has 0 atom stereocenters. The predicted octanol–water partition coefficient (Wildman–Crippen LogP) is 1.10. The second-order valence-corrected chi connectivity index (χ2v) is 5.98. The van der Waals surface area contributed by atoms with Crippen LogP contribution in [-0.4, -0.2) is 29.7 Å². The number of H-pyrrole nitrogens is 1. The van der Waals surface area contributed by atoms with E-state index >= 15 is 0 Å². The predicted molar refractivity (Wildman–Crippen MR) is 68.4 cm³/mol. The molecule has 0 spiro atoms. The average molecular weight is 276 g/mol. The van der Waals surface area contributed by atoms with E-state index in [2.05, 4.69) is 9.97 Å². The Balaban J connectivity index is 2.23. The second-order valence-electron chi connectivity index (χ2n) is 3.93. The first-order valence-electron chi connectivity index (χ1n) is 5.49. The van der Waals surface area contributed by atoms with Crippen LogP contribution in [0.5, 0.6) is 0 Å². The maximum Gasteiger partial charge on any atom is 0.243 e. The van der Waals surface area contributed by atoms with Crippen molar-refractivity contribution in [2.45, 2.75) is 11.4 Å². The summed E-state index contributed by atoms with van der Waals surface area (Å²) in [4.78, 5) is 6.99. The highest BCUT2D eigenvalue weighted by atomic mass is 32.2. The first-order valence-corrected chi connectivity index (χ1v) is 6.93. The normalized spacial score (nSPS) is 11.4. The number of sulfonamides is 1. The van der Waals surface area contributed by atoms with Gasteiger partial charge in [0, 0.05) is 19.4 Å². The Morgan fingerprint density at radius 1 is 1.37 bits per heavy atom. The molecule has 0 amide bonds. The second kappa shape index (κ2) is 5.22. The van der Waals surface area contributed by atoms with Gasteiger partial charge in [-0.15, -0.1) is 0 Å². The standard InChI is InChI=1S/C12H12N4O2S/c1-16(9-12-14-6-7-15-12)19(17,18)11-4-2-10(8-13)3-5-11/h2-7H,9H2,1H3,(H,14,15). The average Bonchev–Trinajstić information content (AvgIpc) is 2.91. The Morgan fingerprint density at radius 3 is 2.58 bits per heavy atom. The zero-order valence-corrected chi connectivity index (χ0v) is 11.1. The summed E-state index contributed by atoms with van der Waals surface area (Å²) in [5.74, 6) is 0.569. The molecule has 0 radical (unpaired) electrons. The maximum atomic E-state index is 12.3. The van der Waals surface area contributed by atoms with Gasteiger partial charge in [0.05, 0.1) is 23.1 Å². The van der Waals surface area contributed by atoms with Crippen molar-refractivity contribution in [1.29, 1.82) is 5.26 Å². The highest BCUT2D eigenvalue weighted by molar-refractivity contribution is 7.89. The monoisotopic (exact) mass is 276 g/mol. The van der Waals surface area contributed by atoms with Crippen molar-refractivity contribution in [3.8, 4) is 6.07 Å². The molecule has 2 rings (SSSR count). The minimum absolute atomic E-state index is 0.153. The van der Waals surface area contributed by atoms with E-state index in [0.29, 0.717) is 11.4 Å². The Kier molecular flexibility index (Phi) is 3.64. The summed E-state index contributed by atoms with van der Waals surface area (Å²) in [7, 11) is -2.09. The van der Waals surface area contributed by atoms with Crippen molar-refractivity contribution in [2.75, 3.05) is 7.05 Å². The first kappa shape index (κ1) is 13.3. The summed E-state index contributed by atoms with van der Waals surface area (Å²) < 4.78 is 25.7. The molecule has 2 aromatic rings. The summed E-state index contributed by atoms with van der Waals surface area (Å²) >= 11 is 0. The van der Waals surface area contributed by atoms with Gasteiger partial charge in [0.2, 0.25) is 10.0 Å². The molecule has 7 heteroatoms. The molecule has 1 N–H and O–H groups in total. The van der Waals surface area contributed by atoms with Crippen molar-refractivity contribution in [3.63, 3.8) is 0 Å². The van der Waals surface area contributed by atoms with E-state index in [4.69, 9.17) is 5.26 Å². The lowest BCUT2D eigenvalue weighted by atomic mass is 10.2. The number of aromatic amines is 1. The highest BCUT2D eigenvalue weighted by Gasteiger charge is 2.21. The lowest BCUT2D eigenvalue weighted by Crippen LogP contribution is -2.27. The number of nitrogens with one attached hydrogen (secondary N) is 1. The van der Waals surface area contributed by atoms with E-state index in [1.54, 1.807) is 12.4 Å². The fourth-order valence-corrected chi connectivity index (χ4v) is 2.69. The van der Waals surface area contributed by atoms with Crippen molar-refractivity contribution in [1.82, 2.24) is 14.3 Å². The van der Waals surface area contributed by atoms with Crippen molar-refractivity contribution < 1.29 is 8.42 Å². The largest absolute Gasteiger partial charge is 0.347 e. The van der Waals surface area contributed by atoms with Gasteiger partial charge in [0.1, 0.15) is 5.82 Å². The number of nitriles is 1. The summed E-state index contributed by atoms with van der Waals surface area (Å²) in [6.45, 7) is 0.162. The van der Waals surface area contributed by atoms with Crippen LogP contribution >= 0.6 is 0 Å². The molecule has 0 aliphatic carbocycles. The van der Waals surface area contributed by atoms with Crippen LogP contribution in [-0.2, 0) is 16.6 Å². The maximum absolute atomic E-state index is 12.3. The molecule has 0 saturated heterocycles. The minimum Gasteiger partial charge on any atom is -0.347 e. The number of imidazole rings is 1. The summed E-state index contributed by atoms with van der Waals surface area (Å²) in [5, 5.41) is 8.69. The molecule has 0 aliphatic rings. The highest BCUT2D eigenvalue weighted by Crippen LogP contribution is 2.16. The number of benzene rings is 1. The van der Waals surface area contributed by atoms with Crippen molar-refractivity contribution in [3.05, 3.63) is 48.0 Å². The van der Waals surface area contributed by atoms with Gasteiger partial charge in [0.15, 0.2) is 0 Å². The van der Waals surface area contributed by atoms with Crippen LogP contribution in [0.2, 0.25) is 0 Å². The lowest BCUT2D eigenvalue weighted by molar-refractivity contribution is 0.458. The van der Waals surface area contributed by atoms with Crippen molar-refractivity contribution in [2.24, 2.45) is 0 Å². The summed E-state index contributed by atoms with van der Waals surface area (Å²) in [6.07, 6.45) is 3.20. The molecule has 19 heavy (non-hydrogen) atoms. The molecule has 0 unspecified atom stereocenters. The minimum atomic E-state index is -3.58. The van der Waals surface area contributed by atoms with Crippen LogP contribution in [0.4, 0.5) is 0 Å². The van der Waals surface area contributed by atoms with E-state index in [0.717, 1.165) is 0 Å². The van der Waals surface area contributed by atoms with Gasteiger partial charge in [-0.1, -0.05) is 0 Å². The third-order valence-electron chi connectivity index (χ3n) is 2.62. The van der Waals surface area contributed by atoms with Crippen LogP contribution in [0.25, 0.3) is 0 Å². The zero-order chi connectivity index (χ0) is 13.9. The Bertz CT molecular complexity index is 684. The smallest absolute Gasteiger partial charge is 0.243 e. The Labute approximate surface area is 111 Å². The molecule has 6 nitrogen and oxygen atoms in total. The molecule has 0 bridgehead atoms. The van der Waals surface area contributed by atoms with Crippen LogP contribution < -0.4 is 0 Å². The van der Waals surface area contributed by atoms with E-state index in [9.17, 15) is 8.42 Å². The van der Waals surface area contributed by atoms with Gasteiger partial charge >= 0.3 is 0 Å². The summed E-state index contributed by atoms with van der Waals surface area (Å²) in [5.41, 5.74) is 0.424. The molecule has 1 heterocycles. The number of hydrogen-bond acceptors (Lipinski definition) is 4. The summed E-state index contributed by atoms with van der Waals surface area (Å²) in [6, 6.07) is 7.75. The van der Waals surface area contributed by atoms with Gasteiger partial charge < -0.3 is 4.98 Å². The van der Waals surface area contributed by atoms with Gasteiger partial charge in [0.25, 0.3) is 0 Å². The van der Waals surface area contributed by atoms with E-state index in [1.165, 1.54) is 35.6 Å². The van der Waals surface area contributed by atoms with Gasteiger partial charge in [-0.05, 0) is 24.3 Å². The van der Waals surface area contributed by atoms with Crippen LogP contribution in [0, 0.1) is 11.3 Å². The van der Waals surface area contributed by atoms with Gasteiger partial charge in [-0.2, -0.15) is 9.57 Å². The number of nitrogens with zero attached hydrogens (tertiary/aromatic N) is 3. The van der Waals surface area contributed by atoms with Crippen molar-refractivity contribution >= 4 is 10.0 Å². The first-order chi connectivity index (χ1) is 9.04. The number of hydrogen-bond donors (Lipinski definition) is 1. The van der Waals surface area contributed by atoms with Gasteiger partial charge in [-0.3, -0.25) is 0 Å².